The molecule has 0 aromatic rings. The van der Waals surface area contributed by atoms with Gasteiger partial charge in [0.2, 0.25) is 11.8 Å². The lowest BCUT2D eigenvalue weighted by molar-refractivity contribution is -0.133. The number of nitrogens with one attached hydrogen (secondary N) is 2. The summed E-state index contributed by atoms with van der Waals surface area (Å²) in [5.41, 5.74) is 0. The topological polar surface area (TPSA) is 61.4 Å². The molecule has 2 fully saturated rings. The first kappa shape index (κ1) is 18.2. The lowest BCUT2D eigenvalue weighted by Gasteiger charge is -2.24. The lowest BCUT2D eigenvalue weighted by atomic mass is 10.1. The maximum Gasteiger partial charge on any atom is 0.242 e. The summed E-state index contributed by atoms with van der Waals surface area (Å²) >= 11 is 0. The zero-order valence-electron chi connectivity index (χ0n) is 13.1. The molecule has 5 nitrogen and oxygen atoms in total. The van der Waals surface area contributed by atoms with Crippen LogP contribution in [0.25, 0.3) is 0 Å². The number of nitrogens with zero attached hydrogens (tertiary/aromatic N) is 1. The third-order valence-corrected chi connectivity index (χ3v) is 4.26. The van der Waals surface area contributed by atoms with Gasteiger partial charge in [-0.1, -0.05) is 13.8 Å². The Balaban J connectivity index is 0.00000220. The van der Waals surface area contributed by atoms with Crippen molar-refractivity contribution in [1.29, 1.82) is 0 Å². The van der Waals surface area contributed by atoms with Crippen molar-refractivity contribution >= 4 is 24.2 Å². The van der Waals surface area contributed by atoms with Crippen molar-refractivity contribution in [2.24, 2.45) is 5.92 Å². The van der Waals surface area contributed by atoms with E-state index >= 15 is 0 Å². The van der Waals surface area contributed by atoms with Crippen molar-refractivity contribution < 1.29 is 9.59 Å². The van der Waals surface area contributed by atoms with Crippen LogP contribution in [0.3, 0.4) is 0 Å². The van der Waals surface area contributed by atoms with E-state index in [4.69, 9.17) is 0 Å². The highest BCUT2D eigenvalue weighted by Gasteiger charge is 2.30. The fourth-order valence-electron chi connectivity index (χ4n) is 2.96. The van der Waals surface area contributed by atoms with Crippen molar-refractivity contribution in [3.8, 4) is 0 Å². The van der Waals surface area contributed by atoms with Crippen molar-refractivity contribution in [1.82, 2.24) is 15.5 Å². The van der Waals surface area contributed by atoms with E-state index in [9.17, 15) is 9.59 Å². The van der Waals surface area contributed by atoms with Crippen LogP contribution in [0.15, 0.2) is 0 Å². The van der Waals surface area contributed by atoms with Crippen LogP contribution in [0.1, 0.15) is 46.0 Å². The van der Waals surface area contributed by atoms with E-state index in [1.165, 1.54) is 6.42 Å². The summed E-state index contributed by atoms with van der Waals surface area (Å²) < 4.78 is 0. The highest BCUT2D eigenvalue weighted by molar-refractivity contribution is 5.85. The van der Waals surface area contributed by atoms with Crippen molar-refractivity contribution in [3.63, 3.8) is 0 Å². The van der Waals surface area contributed by atoms with Crippen LogP contribution < -0.4 is 10.6 Å². The van der Waals surface area contributed by atoms with E-state index in [1.807, 2.05) is 4.90 Å². The van der Waals surface area contributed by atoms with Gasteiger partial charge in [0.15, 0.2) is 0 Å². The normalized spacial score (nSPS) is 24.4. The number of carbonyl (C=O) groups is 2. The van der Waals surface area contributed by atoms with Gasteiger partial charge in [-0.15, -0.1) is 12.4 Å². The van der Waals surface area contributed by atoms with Gasteiger partial charge in [-0.05, 0) is 31.6 Å². The van der Waals surface area contributed by atoms with E-state index < -0.39 is 0 Å². The van der Waals surface area contributed by atoms with Crippen molar-refractivity contribution in [2.45, 2.75) is 58.0 Å². The quantitative estimate of drug-likeness (QED) is 0.804. The van der Waals surface area contributed by atoms with Crippen molar-refractivity contribution in [3.05, 3.63) is 0 Å². The van der Waals surface area contributed by atoms with Gasteiger partial charge in [0, 0.05) is 31.6 Å². The second kappa shape index (κ2) is 8.59. The van der Waals surface area contributed by atoms with Crippen LogP contribution in [0.4, 0.5) is 0 Å². The molecule has 2 bridgehead atoms. The lowest BCUT2D eigenvalue weighted by Crippen LogP contribution is -2.44. The molecule has 122 valence electrons. The third-order valence-electron chi connectivity index (χ3n) is 4.26. The molecule has 0 spiro atoms. The van der Waals surface area contributed by atoms with Crippen LogP contribution in [-0.4, -0.2) is 48.4 Å². The van der Waals surface area contributed by atoms with Gasteiger partial charge in [0.1, 0.15) is 0 Å². The van der Waals surface area contributed by atoms with Crippen LogP contribution >= 0.6 is 12.4 Å². The predicted octanol–water partition coefficient (Wildman–Crippen LogP) is 1.31. The van der Waals surface area contributed by atoms with Crippen LogP contribution in [-0.2, 0) is 9.59 Å². The second-order valence-electron chi connectivity index (χ2n) is 6.48. The van der Waals surface area contributed by atoms with E-state index in [1.54, 1.807) is 0 Å². The molecule has 2 atom stereocenters. The molecule has 0 radical (unpaired) electrons. The molecule has 6 heteroatoms. The summed E-state index contributed by atoms with van der Waals surface area (Å²) in [6.45, 7) is 5.94. The fourth-order valence-corrected chi connectivity index (χ4v) is 2.96. The molecule has 2 amide bonds. The summed E-state index contributed by atoms with van der Waals surface area (Å²) in [6.07, 6.45) is 4.81. The molecular weight excluding hydrogens is 290 g/mol. The Morgan fingerprint density at radius 3 is 2.67 bits per heavy atom. The predicted molar refractivity (Wildman–Crippen MR) is 85.5 cm³/mol. The molecule has 0 saturated carbocycles. The number of halogens is 1. The van der Waals surface area contributed by atoms with Gasteiger partial charge in [-0.3, -0.25) is 9.59 Å². The first-order chi connectivity index (χ1) is 9.54. The Hall–Kier alpha value is -0.810. The SMILES string of the molecule is CC(C)CCC(=O)NCC(=O)N1CCC2CCC(C1)N2.Cl. The van der Waals surface area contributed by atoms with Gasteiger partial charge in [0.25, 0.3) is 0 Å². The summed E-state index contributed by atoms with van der Waals surface area (Å²) in [7, 11) is 0. The molecule has 2 aliphatic rings. The average Bonchev–Trinajstić information content (AvgIpc) is 2.73. The minimum atomic E-state index is -0.0125. The van der Waals surface area contributed by atoms with Gasteiger partial charge in [0.05, 0.1) is 6.54 Å². The Labute approximate surface area is 133 Å². The molecule has 2 aliphatic heterocycles. The van der Waals surface area contributed by atoms with E-state index in [0.29, 0.717) is 24.4 Å². The Kier molecular flexibility index (Phi) is 7.46. The van der Waals surface area contributed by atoms with Crippen LogP contribution in [0, 0.1) is 5.92 Å². The number of hydrogen-bond acceptors (Lipinski definition) is 3. The zero-order valence-corrected chi connectivity index (χ0v) is 13.9. The van der Waals surface area contributed by atoms with Gasteiger partial charge < -0.3 is 15.5 Å². The Bertz CT molecular complexity index is 363. The number of carbonyl (C=O) groups excluding carboxylic acids is 2. The summed E-state index contributed by atoms with van der Waals surface area (Å²) in [6, 6.07) is 1.03. The number of hydrogen-bond donors (Lipinski definition) is 2. The van der Waals surface area contributed by atoms with E-state index in [2.05, 4.69) is 24.5 Å². The molecule has 21 heavy (non-hydrogen) atoms. The highest BCUT2D eigenvalue weighted by Crippen LogP contribution is 2.20. The minimum Gasteiger partial charge on any atom is -0.347 e. The highest BCUT2D eigenvalue weighted by atomic mass is 35.5. The molecule has 2 saturated heterocycles. The smallest absolute Gasteiger partial charge is 0.242 e. The van der Waals surface area contributed by atoms with Crippen LogP contribution in [0.5, 0.6) is 0 Å². The number of rotatable bonds is 5. The third kappa shape index (κ3) is 5.83. The van der Waals surface area contributed by atoms with E-state index in [-0.39, 0.29) is 30.8 Å². The molecule has 2 heterocycles. The molecule has 2 rings (SSSR count). The average molecular weight is 318 g/mol. The molecular formula is C15H28ClN3O2. The number of amides is 2. The number of fused-ring (bicyclic) bond motifs is 2. The Morgan fingerprint density at radius 2 is 1.95 bits per heavy atom. The standard InChI is InChI=1S/C15H27N3O2.ClH/c1-11(2)3-6-14(19)16-9-15(20)18-8-7-12-4-5-13(10-18)17-12;/h11-13,17H,3-10H2,1-2H3,(H,16,19);1H. The molecule has 2 unspecified atom stereocenters. The fraction of sp³-hybridized carbons (Fsp3) is 0.867. The van der Waals surface area contributed by atoms with Gasteiger partial charge in [-0.2, -0.15) is 0 Å². The first-order valence-corrected chi connectivity index (χ1v) is 7.85. The largest absolute Gasteiger partial charge is 0.347 e. The molecule has 0 aromatic heterocycles. The first-order valence-electron chi connectivity index (χ1n) is 7.85. The number of likely N-dealkylation sites (tertiary alicyclic amines) is 1. The summed E-state index contributed by atoms with van der Waals surface area (Å²) in [4.78, 5) is 25.7. The van der Waals surface area contributed by atoms with Crippen molar-refractivity contribution in [2.75, 3.05) is 19.6 Å². The van der Waals surface area contributed by atoms with Crippen LogP contribution in [0.2, 0.25) is 0 Å². The minimum absolute atomic E-state index is 0. The molecule has 2 N–H and O–H groups in total. The molecule has 0 aromatic carbocycles. The maximum atomic E-state index is 12.2. The second-order valence-corrected chi connectivity index (χ2v) is 6.48. The zero-order chi connectivity index (χ0) is 14.5. The van der Waals surface area contributed by atoms with Gasteiger partial charge in [-0.25, -0.2) is 0 Å². The maximum absolute atomic E-state index is 12.2. The Morgan fingerprint density at radius 1 is 1.24 bits per heavy atom. The monoisotopic (exact) mass is 317 g/mol. The molecule has 0 aliphatic carbocycles. The van der Waals surface area contributed by atoms with E-state index in [0.717, 1.165) is 32.4 Å². The summed E-state index contributed by atoms with van der Waals surface area (Å²) in [5, 5.41) is 6.30. The van der Waals surface area contributed by atoms with Gasteiger partial charge >= 0.3 is 0 Å². The summed E-state index contributed by atoms with van der Waals surface area (Å²) in [5.74, 6) is 0.558.